The smallest absolute Gasteiger partial charge is 0.125 e. The maximum Gasteiger partial charge on any atom is 0.125 e. The Kier molecular flexibility index (Phi) is 20.5. The van der Waals surface area contributed by atoms with Gasteiger partial charge in [-0.2, -0.15) is 24.3 Å². The number of para-hydroxylation sites is 4. The molecule has 0 fully saturated rings. The number of fused-ring (bicyclic) bond motifs is 4. The summed E-state index contributed by atoms with van der Waals surface area (Å²) in [6.45, 7) is 12.7. The topological polar surface area (TPSA) is 117 Å². The van der Waals surface area contributed by atoms with Crippen LogP contribution in [0.25, 0.3) is 32.2 Å². The average molecular weight is 1360 g/mol. The largest absolute Gasteiger partial charge is 0.491 e. The average Bonchev–Trinajstić information content (AvgIpc) is 4.06. The van der Waals surface area contributed by atoms with Gasteiger partial charge in [0.05, 0.1) is 23.8 Å². The molecule has 76 heavy (non-hydrogen) atoms. The normalized spacial score (nSPS) is 12.2. The molecule has 0 aliphatic carbocycles. The molecule has 0 amide bonds. The van der Waals surface area contributed by atoms with Crippen LogP contribution in [0.4, 0.5) is 57.1 Å². The van der Waals surface area contributed by atoms with E-state index in [1.807, 2.05) is 158 Å². The van der Waals surface area contributed by atoms with Gasteiger partial charge in [0, 0.05) is 42.1 Å². The standard InChI is InChI=1S/2C18H16N4.2C13H11N2.2Pt/c2*1-13(2)21-12-22(17-10-19-11-20-18(17)21)16-8-7-14-5-3-4-6-15(14)9-16;2*1-3-7-12(8-4-1)14-11-15-13-9-5-2-6-10-13;;/h2*3-7,9-13H,1-2H3;2*1-11H;;/q2*-2;2*-1;;. The molecule has 0 atom stereocenters. The Bertz CT molecular complexity index is 3180. The van der Waals surface area contributed by atoms with E-state index >= 15 is 0 Å². The van der Waals surface area contributed by atoms with E-state index in [0.29, 0.717) is 12.1 Å². The van der Waals surface area contributed by atoms with Crippen molar-refractivity contribution in [3.8, 4) is 0 Å². The second-order valence-electron chi connectivity index (χ2n) is 17.4. The summed E-state index contributed by atoms with van der Waals surface area (Å²) in [6.07, 6.45) is 10.0. The first-order valence-corrected chi connectivity index (χ1v) is 24.3. The first kappa shape index (κ1) is 55.7. The van der Waals surface area contributed by atoms with E-state index in [-0.39, 0.29) is 42.1 Å². The van der Waals surface area contributed by atoms with Gasteiger partial charge in [0.15, 0.2) is 0 Å². The number of nitrogens with zero attached hydrogens (tertiary/aromatic N) is 12. The third kappa shape index (κ3) is 14.6. The summed E-state index contributed by atoms with van der Waals surface area (Å²) in [4.78, 5) is 34.1. The fraction of sp³-hybridized carbons (Fsp3) is 0.0968. The van der Waals surface area contributed by atoms with Crippen molar-refractivity contribution >= 4 is 91.4 Å². The van der Waals surface area contributed by atoms with Crippen LogP contribution in [0.2, 0.25) is 0 Å². The molecule has 0 unspecified atom stereocenters. The summed E-state index contributed by atoms with van der Waals surface area (Å²) >= 11 is 0. The van der Waals surface area contributed by atoms with Crippen molar-refractivity contribution in [1.29, 1.82) is 0 Å². The van der Waals surface area contributed by atoms with Gasteiger partial charge in [-0.3, -0.25) is 0 Å². The Morgan fingerprint density at radius 2 is 0.803 bits per heavy atom. The molecule has 2 aromatic heterocycles. The molecule has 8 aromatic carbocycles. The minimum atomic E-state index is 0. The number of anilines is 6. The molecule has 0 radical (unpaired) electrons. The van der Waals surface area contributed by atoms with Crippen LogP contribution in [0.3, 0.4) is 0 Å². The Morgan fingerprint density at radius 1 is 0.461 bits per heavy atom. The molecular formula is C62H54N12Pt2-6. The van der Waals surface area contributed by atoms with Gasteiger partial charge in [0.1, 0.15) is 24.3 Å². The SMILES string of the molecule is C(=Nc1ccccc1)[N-]c1ccccc1.C(=Nc1ccccc1)[N-]c1ccccc1.CC(C)N1[CH-]N(c2[c-]cc3ccccc3c2)c2cncnc21.CC(C)N1[CH-]N(c2[c-]cc3ccccc3c2)c2cncnc21.[Pt].[Pt]. The molecule has 12 nitrogen and oxygen atoms in total. The van der Waals surface area contributed by atoms with Crippen molar-refractivity contribution < 1.29 is 42.1 Å². The fourth-order valence-electron chi connectivity index (χ4n) is 7.88. The third-order valence-corrected chi connectivity index (χ3v) is 11.6. The van der Waals surface area contributed by atoms with Crippen LogP contribution in [-0.2, 0) is 42.1 Å². The summed E-state index contributed by atoms with van der Waals surface area (Å²) in [5, 5.41) is 13.2. The number of benzene rings is 8. The van der Waals surface area contributed by atoms with E-state index in [1.54, 1.807) is 25.3 Å². The number of rotatable bonds is 10. The number of hydrogen-bond acceptors (Lipinski definition) is 10. The summed E-state index contributed by atoms with van der Waals surface area (Å²) in [6, 6.07) is 71.4. The van der Waals surface area contributed by atoms with Gasteiger partial charge in [0.25, 0.3) is 0 Å². The summed E-state index contributed by atoms with van der Waals surface area (Å²) in [5.41, 5.74) is 7.63. The van der Waals surface area contributed by atoms with E-state index < -0.39 is 0 Å². The first-order chi connectivity index (χ1) is 36.4. The third-order valence-electron chi connectivity index (χ3n) is 11.6. The minimum Gasteiger partial charge on any atom is -0.491 e. The molecule has 4 heterocycles. The number of hydrogen-bond donors (Lipinski definition) is 0. The van der Waals surface area contributed by atoms with E-state index in [1.165, 1.54) is 21.5 Å². The summed E-state index contributed by atoms with van der Waals surface area (Å²) < 4.78 is 0. The molecule has 0 spiro atoms. The van der Waals surface area contributed by atoms with Gasteiger partial charge in [-0.05, 0) is 62.5 Å². The molecule has 2 aliphatic rings. The van der Waals surface area contributed by atoms with Crippen LogP contribution in [0.1, 0.15) is 27.7 Å². The monoisotopic (exact) mass is 1360 g/mol. The number of aliphatic imine (C=N–C) groups is 2. The van der Waals surface area contributed by atoms with Gasteiger partial charge in [-0.15, -0.1) is 70.5 Å². The molecular weight excluding hydrogens is 1300 g/mol. The maximum atomic E-state index is 4.43. The number of aromatic nitrogens is 4. The van der Waals surface area contributed by atoms with Crippen molar-refractivity contribution in [3.63, 3.8) is 0 Å². The second-order valence-corrected chi connectivity index (χ2v) is 17.4. The van der Waals surface area contributed by atoms with Crippen molar-refractivity contribution in [2.24, 2.45) is 9.98 Å². The van der Waals surface area contributed by atoms with Crippen LogP contribution in [0.5, 0.6) is 0 Å². The molecule has 12 rings (SSSR count). The van der Waals surface area contributed by atoms with Crippen LogP contribution in [-0.4, -0.2) is 44.7 Å². The molecule has 388 valence electrons. The van der Waals surface area contributed by atoms with Crippen LogP contribution >= 0.6 is 0 Å². The molecule has 0 N–H and O–H groups in total. The van der Waals surface area contributed by atoms with E-state index in [0.717, 1.165) is 57.1 Å². The summed E-state index contributed by atoms with van der Waals surface area (Å²) in [7, 11) is 0. The Hall–Kier alpha value is -8.04. The molecule has 0 bridgehead atoms. The van der Waals surface area contributed by atoms with Crippen molar-refractivity contribution in [2.45, 2.75) is 39.8 Å². The Morgan fingerprint density at radius 3 is 1.17 bits per heavy atom. The first-order valence-electron chi connectivity index (χ1n) is 24.3. The van der Waals surface area contributed by atoms with Crippen LogP contribution < -0.4 is 19.6 Å². The van der Waals surface area contributed by atoms with Gasteiger partial charge in [-0.25, -0.2) is 19.9 Å². The minimum absolute atomic E-state index is 0. The maximum absolute atomic E-state index is 4.43. The zero-order valence-corrected chi connectivity index (χ0v) is 46.8. The van der Waals surface area contributed by atoms with Gasteiger partial charge in [0.2, 0.25) is 0 Å². The van der Waals surface area contributed by atoms with Gasteiger partial charge in [-0.1, -0.05) is 170 Å². The Balaban J connectivity index is 0.000000149. The van der Waals surface area contributed by atoms with Crippen molar-refractivity contribution in [3.05, 3.63) is 255 Å². The predicted octanol–water partition coefficient (Wildman–Crippen LogP) is 15.9. The van der Waals surface area contributed by atoms with Gasteiger partial charge >= 0.3 is 0 Å². The molecule has 2 aliphatic heterocycles. The van der Waals surface area contributed by atoms with Gasteiger partial charge < -0.3 is 40.2 Å². The van der Waals surface area contributed by atoms with E-state index in [2.05, 4.69) is 162 Å². The zero-order valence-electron chi connectivity index (χ0n) is 42.2. The van der Waals surface area contributed by atoms with Crippen molar-refractivity contribution in [2.75, 3.05) is 19.6 Å². The molecule has 14 heteroatoms. The molecule has 10 aromatic rings. The van der Waals surface area contributed by atoms with E-state index in [4.69, 9.17) is 0 Å². The Labute approximate surface area is 474 Å². The molecule has 0 saturated carbocycles. The van der Waals surface area contributed by atoms with E-state index in [9.17, 15) is 0 Å². The summed E-state index contributed by atoms with van der Waals surface area (Å²) in [5.74, 6) is 1.87. The zero-order chi connectivity index (χ0) is 50.9. The quantitative estimate of drug-likeness (QED) is 0.0755. The van der Waals surface area contributed by atoms with Crippen LogP contribution in [0.15, 0.2) is 229 Å². The predicted molar refractivity (Wildman–Crippen MR) is 306 cm³/mol. The fourth-order valence-corrected chi connectivity index (χ4v) is 7.88. The van der Waals surface area contributed by atoms with Crippen molar-refractivity contribution in [1.82, 2.24) is 19.9 Å². The van der Waals surface area contributed by atoms with Crippen LogP contribution in [0, 0.1) is 25.5 Å². The second kappa shape index (κ2) is 28.0. The molecule has 0 saturated heterocycles.